The maximum atomic E-state index is 13.4. The van der Waals surface area contributed by atoms with Crippen LogP contribution in [0.1, 0.15) is 12.5 Å². The molecule has 0 spiro atoms. The molecular weight excluding hydrogens is 372 g/mol. The SMILES string of the molecule is C[C@H](Sc1nnc(-c2cccc(F)c2)n1N)C(=O)NCc1ccc(F)cc1. The maximum Gasteiger partial charge on any atom is 0.233 e. The first-order valence-electron chi connectivity index (χ1n) is 8.09. The zero-order valence-corrected chi connectivity index (χ0v) is 15.2. The highest BCUT2D eigenvalue weighted by Crippen LogP contribution is 2.25. The Kier molecular flexibility index (Phi) is 5.70. The Morgan fingerprint density at radius 1 is 1.19 bits per heavy atom. The molecule has 140 valence electrons. The standard InChI is InChI=1S/C18H17F2N5OS/c1-11(17(26)22-10-12-5-7-14(19)8-6-12)27-18-24-23-16(25(18)21)13-3-2-4-15(20)9-13/h2-9,11H,10,21H2,1H3,(H,22,26)/t11-/m0/s1. The van der Waals surface area contributed by atoms with Crippen LogP contribution in [0.5, 0.6) is 0 Å². The molecule has 2 aromatic carbocycles. The number of nitrogens with one attached hydrogen (secondary N) is 1. The van der Waals surface area contributed by atoms with Crippen LogP contribution in [0.3, 0.4) is 0 Å². The largest absolute Gasteiger partial charge is 0.351 e. The number of hydrogen-bond donors (Lipinski definition) is 2. The lowest BCUT2D eigenvalue weighted by Gasteiger charge is -2.11. The van der Waals surface area contributed by atoms with Gasteiger partial charge in [0.15, 0.2) is 5.82 Å². The third-order valence-corrected chi connectivity index (χ3v) is 4.84. The van der Waals surface area contributed by atoms with Crippen molar-refractivity contribution in [3.05, 3.63) is 65.7 Å². The predicted octanol–water partition coefficient (Wildman–Crippen LogP) is 2.73. The average molecular weight is 389 g/mol. The number of carbonyl (C=O) groups is 1. The Hall–Kier alpha value is -2.94. The molecule has 0 fully saturated rings. The van der Waals surface area contributed by atoms with E-state index in [2.05, 4.69) is 15.5 Å². The summed E-state index contributed by atoms with van der Waals surface area (Å²) in [4.78, 5) is 12.3. The summed E-state index contributed by atoms with van der Waals surface area (Å²) in [5, 5.41) is 10.6. The van der Waals surface area contributed by atoms with Crippen molar-refractivity contribution >= 4 is 17.7 Å². The topological polar surface area (TPSA) is 85.8 Å². The average Bonchev–Trinajstić information content (AvgIpc) is 3.01. The van der Waals surface area contributed by atoms with Gasteiger partial charge >= 0.3 is 0 Å². The van der Waals surface area contributed by atoms with Gasteiger partial charge in [-0.25, -0.2) is 13.5 Å². The highest BCUT2D eigenvalue weighted by Gasteiger charge is 2.20. The molecule has 0 saturated carbocycles. The predicted molar refractivity (Wildman–Crippen MR) is 99.1 cm³/mol. The van der Waals surface area contributed by atoms with E-state index < -0.39 is 11.1 Å². The van der Waals surface area contributed by atoms with Gasteiger partial charge < -0.3 is 11.2 Å². The molecule has 0 unspecified atom stereocenters. The summed E-state index contributed by atoms with van der Waals surface area (Å²) >= 11 is 1.13. The molecule has 9 heteroatoms. The minimum atomic E-state index is -0.489. The van der Waals surface area contributed by atoms with E-state index in [1.165, 1.54) is 28.9 Å². The van der Waals surface area contributed by atoms with Crippen molar-refractivity contribution in [1.82, 2.24) is 20.2 Å². The molecular formula is C18H17F2N5OS. The molecule has 1 heterocycles. The highest BCUT2D eigenvalue weighted by molar-refractivity contribution is 8.00. The molecule has 0 radical (unpaired) electrons. The highest BCUT2D eigenvalue weighted by atomic mass is 32.2. The summed E-state index contributed by atoms with van der Waals surface area (Å²) in [5.41, 5.74) is 1.28. The van der Waals surface area contributed by atoms with Gasteiger partial charge in [-0.15, -0.1) is 10.2 Å². The summed E-state index contributed by atoms with van der Waals surface area (Å²) in [5.74, 6) is 5.34. The molecule has 3 aromatic rings. The Balaban J connectivity index is 1.62. The van der Waals surface area contributed by atoms with Crippen LogP contribution in [0, 0.1) is 11.6 Å². The van der Waals surface area contributed by atoms with Crippen molar-refractivity contribution in [2.75, 3.05) is 5.84 Å². The number of aromatic nitrogens is 3. The Morgan fingerprint density at radius 3 is 2.63 bits per heavy atom. The van der Waals surface area contributed by atoms with Gasteiger partial charge in [-0.05, 0) is 36.8 Å². The molecule has 1 amide bonds. The molecule has 0 aliphatic carbocycles. The first-order chi connectivity index (χ1) is 12.9. The number of carbonyl (C=O) groups excluding carboxylic acids is 1. The van der Waals surface area contributed by atoms with Gasteiger partial charge in [0, 0.05) is 12.1 Å². The molecule has 0 aliphatic rings. The van der Waals surface area contributed by atoms with Gasteiger partial charge in [-0.3, -0.25) is 4.79 Å². The van der Waals surface area contributed by atoms with Gasteiger partial charge in [0.05, 0.1) is 5.25 Å². The Bertz CT molecular complexity index is 945. The summed E-state index contributed by atoms with van der Waals surface area (Å²) in [7, 11) is 0. The lowest BCUT2D eigenvalue weighted by Crippen LogP contribution is -2.30. The zero-order chi connectivity index (χ0) is 19.4. The summed E-state index contributed by atoms with van der Waals surface area (Å²) < 4.78 is 27.5. The lowest BCUT2D eigenvalue weighted by atomic mass is 10.2. The second-order valence-corrected chi connectivity index (χ2v) is 7.10. The molecule has 0 bridgehead atoms. The molecule has 3 N–H and O–H groups in total. The number of rotatable bonds is 6. The summed E-state index contributed by atoms with van der Waals surface area (Å²) in [6, 6.07) is 11.7. The van der Waals surface area contributed by atoms with E-state index in [-0.39, 0.29) is 18.3 Å². The van der Waals surface area contributed by atoms with E-state index in [9.17, 15) is 13.6 Å². The van der Waals surface area contributed by atoms with Gasteiger partial charge in [0.1, 0.15) is 11.6 Å². The van der Waals surface area contributed by atoms with Gasteiger partial charge in [-0.2, -0.15) is 0 Å². The van der Waals surface area contributed by atoms with Crippen LogP contribution in [0.25, 0.3) is 11.4 Å². The smallest absolute Gasteiger partial charge is 0.233 e. The molecule has 0 saturated heterocycles. The Morgan fingerprint density at radius 2 is 1.93 bits per heavy atom. The van der Waals surface area contributed by atoms with E-state index in [0.717, 1.165) is 17.3 Å². The quantitative estimate of drug-likeness (QED) is 0.500. The molecule has 1 aromatic heterocycles. The van der Waals surface area contributed by atoms with Crippen molar-refractivity contribution in [2.45, 2.75) is 23.9 Å². The fraction of sp³-hybridized carbons (Fsp3) is 0.167. The van der Waals surface area contributed by atoms with Crippen LogP contribution in [-0.2, 0) is 11.3 Å². The van der Waals surface area contributed by atoms with E-state index in [1.54, 1.807) is 31.2 Å². The van der Waals surface area contributed by atoms with Crippen molar-refractivity contribution in [1.29, 1.82) is 0 Å². The van der Waals surface area contributed by atoms with Gasteiger partial charge in [-0.1, -0.05) is 36.0 Å². The maximum absolute atomic E-state index is 13.4. The van der Waals surface area contributed by atoms with Crippen LogP contribution in [0.4, 0.5) is 8.78 Å². The minimum Gasteiger partial charge on any atom is -0.351 e. The van der Waals surface area contributed by atoms with E-state index >= 15 is 0 Å². The third kappa shape index (κ3) is 4.62. The second kappa shape index (κ2) is 8.17. The molecule has 0 aliphatic heterocycles. The van der Waals surface area contributed by atoms with Crippen molar-refractivity contribution in [3.63, 3.8) is 0 Å². The van der Waals surface area contributed by atoms with E-state index in [1.807, 2.05) is 0 Å². The normalized spacial score (nSPS) is 12.0. The third-order valence-electron chi connectivity index (χ3n) is 3.78. The molecule has 6 nitrogen and oxygen atoms in total. The number of nitrogens with zero attached hydrogens (tertiary/aromatic N) is 3. The van der Waals surface area contributed by atoms with E-state index in [4.69, 9.17) is 5.84 Å². The van der Waals surface area contributed by atoms with Gasteiger partial charge in [0.25, 0.3) is 0 Å². The van der Waals surface area contributed by atoms with Gasteiger partial charge in [0.2, 0.25) is 11.1 Å². The fourth-order valence-corrected chi connectivity index (χ4v) is 3.12. The molecule has 3 rings (SSSR count). The summed E-state index contributed by atoms with van der Waals surface area (Å²) in [6.45, 7) is 2.00. The molecule has 27 heavy (non-hydrogen) atoms. The van der Waals surface area contributed by atoms with Crippen LogP contribution in [-0.4, -0.2) is 26.0 Å². The first-order valence-corrected chi connectivity index (χ1v) is 8.97. The number of amides is 1. The van der Waals surface area contributed by atoms with Crippen LogP contribution < -0.4 is 11.2 Å². The van der Waals surface area contributed by atoms with Crippen LogP contribution in [0.2, 0.25) is 0 Å². The lowest BCUT2D eigenvalue weighted by molar-refractivity contribution is -0.120. The number of nitrogens with two attached hydrogens (primary N) is 1. The number of thioether (sulfide) groups is 1. The summed E-state index contributed by atoms with van der Waals surface area (Å²) in [6.07, 6.45) is 0. The number of halogens is 2. The zero-order valence-electron chi connectivity index (χ0n) is 14.4. The second-order valence-electron chi connectivity index (χ2n) is 5.79. The van der Waals surface area contributed by atoms with Crippen LogP contribution in [0.15, 0.2) is 53.7 Å². The van der Waals surface area contributed by atoms with E-state index in [0.29, 0.717) is 16.5 Å². The van der Waals surface area contributed by atoms with Crippen molar-refractivity contribution < 1.29 is 13.6 Å². The monoisotopic (exact) mass is 389 g/mol. The number of hydrogen-bond acceptors (Lipinski definition) is 5. The van der Waals surface area contributed by atoms with Crippen LogP contribution >= 0.6 is 11.8 Å². The van der Waals surface area contributed by atoms with Crippen molar-refractivity contribution in [2.24, 2.45) is 0 Å². The fourth-order valence-electron chi connectivity index (χ4n) is 2.33. The number of nitrogen functional groups attached to an aromatic ring is 1. The minimum absolute atomic E-state index is 0.223. The Labute approximate surface area is 158 Å². The van der Waals surface area contributed by atoms with Crippen molar-refractivity contribution in [3.8, 4) is 11.4 Å². The molecule has 1 atom stereocenters. The first kappa shape index (κ1) is 18.8. The number of benzene rings is 2.